The van der Waals surface area contributed by atoms with Gasteiger partial charge in [0, 0.05) is 31.4 Å². The van der Waals surface area contributed by atoms with Crippen molar-refractivity contribution in [1.82, 2.24) is 9.88 Å². The Labute approximate surface area is 109 Å². The van der Waals surface area contributed by atoms with E-state index < -0.39 is 0 Å². The van der Waals surface area contributed by atoms with Gasteiger partial charge in [0.05, 0.1) is 0 Å². The van der Waals surface area contributed by atoms with E-state index in [0.29, 0.717) is 11.6 Å². The average molecular weight is 249 g/mol. The van der Waals surface area contributed by atoms with Crippen LogP contribution in [0.25, 0.3) is 0 Å². The third-order valence-electron chi connectivity index (χ3n) is 3.27. The zero-order chi connectivity index (χ0) is 13.7. The number of aryl methyl sites for hydroxylation is 1. The predicted molar refractivity (Wildman–Crippen MR) is 75.0 cm³/mol. The van der Waals surface area contributed by atoms with Gasteiger partial charge in [0.1, 0.15) is 5.82 Å². The number of pyridine rings is 1. The number of anilines is 1. The molecular weight excluding hydrogens is 226 g/mol. The van der Waals surface area contributed by atoms with Gasteiger partial charge in [-0.25, -0.2) is 4.98 Å². The molecule has 0 saturated heterocycles. The maximum absolute atomic E-state index is 12.4. The highest BCUT2D eigenvalue weighted by atomic mass is 16.2. The lowest BCUT2D eigenvalue weighted by atomic mass is 10.1. The van der Waals surface area contributed by atoms with Crippen LogP contribution in [0, 0.1) is 6.92 Å². The molecule has 1 rings (SSSR count). The summed E-state index contributed by atoms with van der Waals surface area (Å²) in [6.07, 6.45) is 1.95. The number of carbonyl (C=O) groups is 1. The molecule has 1 heterocycles. The van der Waals surface area contributed by atoms with E-state index in [1.54, 1.807) is 13.1 Å². The van der Waals surface area contributed by atoms with E-state index in [-0.39, 0.29) is 5.91 Å². The largest absolute Gasteiger partial charge is 0.373 e. The number of hydrogen-bond donors (Lipinski definition) is 1. The minimum Gasteiger partial charge on any atom is -0.373 e. The average Bonchev–Trinajstić information content (AvgIpc) is 2.38. The van der Waals surface area contributed by atoms with Crippen LogP contribution >= 0.6 is 0 Å². The van der Waals surface area contributed by atoms with Crippen LogP contribution in [0.4, 0.5) is 5.82 Å². The number of amides is 1. The minimum atomic E-state index is 0.0608. The highest BCUT2D eigenvalue weighted by Crippen LogP contribution is 2.15. The van der Waals surface area contributed by atoms with Gasteiger partial charge in [-0.3, -0.25) is 4.79 Å². The second-order valence-corrected chi connectivity index (χ2v) is 4.52. The molecule has 0 radical (unpaired) electrons. The van der Waals surface area contributed by atoms with Gasteiger partial charge in [0.25, 0.3) is 5.91 Å². The van der Waals surface area contributed by atoms with Crippen LogP contribution in [0.2, 0.25) is 0 Å². The van der Waals surface area contributed by atoms with Crippen molar-refractivity contribution in [3.8, 4) is 0 Å². The van der Waals surface area contributed by atoms with Crippen molar-refractivity contribution in [2.45, 2.75) is 39.7 Å². The van der Waals surface area contributed by atoms with Crippen molar-refractivity contribution >= 4 is 11.7 Å². The highest BCUT2D eigenvalue weighted by Gasteiger charge is 2.19. The fraction of sp³-hybridized carbons (Fsp3) is 0.571. The van der Waals surface area contributed by atoms with Crippen LogP contribution in [0.5, 0.6) is 0 Å². The number of aromatic nitrogens is 1. The van der Waals surface area contributed by atoms with E-state index in [2.05, 4.69) is 24.1 Å². The van der Waals surface area contributed by atoms with Gasteiger partial charge in [0.2, 0.25) is 0 Å². The molecule has 4 heteroatoms. The van der Waals surface area contributed by atoms with Gasteiger partial charge < -0.3 is 10.2 Å². The normalized spacial score (nSPS) is 10.6. The molecule has 0 aliphatic heterocycles. The number of nitrogens with zero attached hydrogens (tertiary/aromatic N) is 2. The number of carbonyl (C=O) groups excluding carboxylic acids is 1. The first-order chi connectivity index (χ1) is 8.53. The second-order valence-electron chi connectivity index (χ2n) is 4.52. The number of nitrogens with one attached hydrogen (secondary N) is 1. The molecule has 0 bridgehead atoms. The van der Waals surface area contributed by atoms with Crippen LogP contribution in [-0.4, -0.2) is 35.9 Å². The molecule has 0 unspecified atom stereocenters. The summed E-state index contributed by atoms with van der Waals surface area (Å²) in [7, 11) is 3.68. The van der Waals surface area contributed by atoms with E-state index in [0.717, 1.165) is 24.4 Å². The molecule has 18 heavy (non-hydrogen) atoms. The summed E-state index contributed by atoms with van der Waals surface area (Å²) in [6, 6.07) is 3.93. The van der Waals surface area contributed by atoms with E-state index >= 15 is 0 Å². The molecule has 100 valence electrons. The van der Waals surface area contributed by atoms with Crippen molar-refractivity contribution in [2.24, 2.45) is 0 Å². The van der Waals surface area contributed by atoms with Gasteiger partial charge >= 0.3 is 0 Å². The zero-order valence-electron chi connectivity index (χ0n) is 11.9. The minimum absolute atomic E-state index is 0.0608. The van der Waals surface area contributed by atoms with Crippen molar-refractivity contribution in [1.29, 1.82) is 0 Å². The molecule has 0 saturated carbocycles. The van der Waals surface area contributed by atoms with Crippen LogP contribution in [0.15, 0.2) is 12.1 Å². The standard InChI is InChI=1S/C14H23N3O/c1-6-12(7-2)17(5)14(18)11-8-10(3)16-13(9-11)15-4/h8-9,12H,6-7H2,1-5H3,(H,15,16). The Kier molecular flexibility index (Phi) is 5.13. The first-order valence-electron chi connectivity index (χ1n) is 6.47. The molecular formula is C14H23N3O. The van der Waals surface area contributed by atoms with Crippen molar-refractivity contribution in [3.63, 3.8) is 0 Å². The smallest absolute Gasteiger partial charge is 0.254 e. The molecule has 1 amide bonds. The Morgan fingerprint density at radius 1 is 1.39 bits per heavy atom. The first-order valence-corrected chi connectivity index (χ1v) is 6.47. The van der Waals surface area contributed by atoms with E-state index in [4.69, 9.17) is 0 Å². The van der Waals surface area contributed by atoms with Crippen LogP contribution < -0.4 is 5.32 Å². The molecule has 0 aromatic carbocycles. The van der Waals surface area contributed by atoms with Gasteiger partial charge in [-0.15, -0.1) is 0 Å². The molecule has 0 aliphatic carbocycles. The lowest BCUT2D eigenvalue weighted by Gasteiger charge is -2.26. The zero-order valence-corrected chi connectivity index (χ0v) is 11.9. The Balaban J connectivity index is 2.99. The third kappa shape index (κ3) is 3.22. The lowest BCUT2D eigenvalue weighted by Crippen LogP contribution is -2.36. The fourth-order valence-corrected chi connectivity index (χ4v) is 2.13. The number of rotatable bonds is 5. The summed E-state index contributed by atoms with van der Waals surface area (Å²) in [6.45, 7) is 6.11. The maximum Gasteiger partial charge on any atom is 0.254 e. The molecule has 4 nitrogen and oxygen atoms in total. The van der Waals surface area contributed by atoms with E-state index in [1.807, 2.05) is 24.9 Å². The molecule has 0 fully saturated rings. The maximum atomic E-state index is 12.4. The SMILES string of the molecule is CCC(CC)N(C)C(=O)c1cc(C)nc(NC)c1. The summed E-state index contributed by atoms with van der Waals surface area (Å²) < 4.78 is 0. The Bertz CT molecular complexity index is 414. The van der Waals surface area contributed by atoms with Gasteiger partial charge in [0.15, 0.2) is 0 Å². The quantitative estimate of drug-likeness (QED) is 0.872. The predicted octanol–water partition coefficient (Wildman–Crippen LogP) is 2.69. The summed E-state index contributed by atoms with van der Waals surface area (Å²) >= 11 is 0. The Hall–Kier alpha value is -1.58. The number of hydrogen-bond acceptors (Lipinski definition) is 3. The monoisotopic (exact) mass is 249 g/mol. The molecule has 0 atom stereocenters. The summed E-state index contributed by atoms with van der Waals surface area (Å²) in [5.41, 5.74) is 1.55. The Morgan fingerprint density at radius 3 is 2.50 bits per heavy atom. The van der Waals surface area contributed by atoms with E-state index in [9.17, 15) is 4.79 Å². The van der Waals surface area contributed by atoms with Gasteiger partial charge in [-0.2, -0.15) is 0 Å². The van der Waals surface area contributed by atoms with Gasteiger partial charge in [-0.05, 0) is 31.9 Å². The van der Waals surface area contributed by atoms with Crippen molar-refractivity contribution < 1.29 is 4.79 Å². The molecule has 0 aliphatic rings. The fourth-order valence-electron chi connectivity index (χ4n) is 2.13. The van der Waals surface area contributed by atoms with E-state index in [1.165, 1.54) is 0 Å². The topological polar surface area (TPSA) is 45.2 Å². The van der Waals surface area contributed by atoms with Crippen LogP contribution in [0.3, 0.4) is 0 Å². The molecule has 1 N–H and O–H groups in total. The summed E-state index contributed by atoms with van der Waals surface area (Å²) in [5, 5.41) is 2.98. The third-order valence-corrected chi connectivity index (χ3v) is 3.27. The highest BCUT2D eigenvalue weighted by molar-refractivity contribution is 5.95. The Morgan fingerprint density at radius 2 is 2.00 bits per heavy atom. The molecule has 1 aromatic heterocycles. The second kappa shape index (κ2) is 6.38. The molecule has 0 spiro atoms. The summed E-state index contributed by atoms with van der Waals surface area (Å²) in [5.74, 6) is 0.794. The van der Waals surface area contributed by atoms with Gasteiger partial charge in [-0.1, -0.05) is 13.8 Å². The van der Waals surface area contributed by atoms with Crippen LogP contribution in [-0.2, 0) is 0 Å². The first kappa shape index (κ1) is 14.5. The van der Waals surface area contributed by atoms with Crippen LogP contribution in [0.1, 0.15) is 42.7 Å². The lowest BCUT2D eigenvalue weighted by molar-refractivity contribution is 0.0723. The van der Waals surface area contributed by atoms with Crippen molar-refractivity contribution in [3.05, 3.63) is 23.4 Å². The van der Waals surface area contributed by atoms with Crippen molar-refractivity contribution in [2.75, 3.05) is 19.4 Å². The summed E-state index contributed by atoms with van der Waals surface area (Å²) in [4.78, 5) is 18.5. The molecule has 1 aromatic rings.